The lowest BCUT2D eigenvalue weighted by Gasteiger charge is -2.49. The number of ketones is 2. The molecular weight excluding hydrogens is 641 g/mol. The van der Waals surface area contributed by atoms with Crippen LogP contribution in [0, 0.1) is 17.8 Å². The van der Waals surface area contributed by atoms with E-state index in [1.54, 1.807) is 18.2 Å². The summed E-state index contributed by atoms with van der Waals surface area (Å²) in [6.45, 7) is 10.6. The molecule has 0 aromatic heterocycles. The van der Waals surface area contributed by atoms with E-state index in [4.69, 9.17) is 27.4 Å². The van der Waals surface area contributed by atoms with E-state index >= 15 is 0 Å². The average molecular weight is 679 g/mol. The summed E-state index contributed by atoms with van der Waals surface area (Å²) in [7, 11) is -4.34. The molecule has 6 nitrogen and oxygen atoms in total. The predicted molar refractivity (Wildman–Crippen MR) is 180 cm³/mol. The molecule has 9 heteroatoms. The van der Waals surface area contributed by atoms with E-state index in [-0.39, 0.29) is 61.5 Å². The first kappa shape index (κ1) is 32.5. The second-order valence-corrected chi connectivity index (χ2v) is 16.7. The number of hydrogen-bond donors (Lipinski definition) is 0. The summed E-state index contributed by atoms with van der Waals surface area (Å²) in [5, 5.41) is 0.213. The Morgan fingerprint density at radius 2 is 1.35 bits per heavy atom. The zero-order valence-corrected chi connectivity index (χ0v) is 28.9. The molecule has 0 amide bonds. The van der Waals surface area contributed by atoms with Gasteiger partial charge in [-0.25, -0.2) is 0 Å². The van der Waals surface area contributed by atoms with Crippen molar-refractivity contribution < 1.29 is 22.2 Å². The average Bonchev–Trinajstić information content (AvgIpc) is 2.94. The minimum Gasteiger partial charge on any atom is -0.377 e. The molecule has 0 saturated carbocycles. The number of hydrogen-bond acceptors (Lipinski definition) is 6. The van der Waals surface area contributed by atoms with Crippen molar-refractivity contribution >= 4 is 44.9 Å². The Hall–Kier alpha value is -3.39. The van der Waals surface area contributed by atoms with Crippen molar-refractivity contribution in [3.05, 3.63) is 116 Å². The summed E-state index contributed by atoms with van der Waals surface area (Å²) in [5.74, 6) is -1.23. The van der Waals surface area contributed by atoms with E-state index < -0.39 is 16.0 Å². The second kappa shape index (κ2) is 11.7. The number of nitrogens with zero attached hydrogens (tertiary/aromatic N) is 1. The van der Waals surface area contributed by atoms with Crippen LogP contribution in [0.1, 0.15) is 76.0 Å². The maximum Gasteiger partial charge on any atom is 0.339 e. The lowest BCUT2D eigenvalue weighted by atomic mass is 9.63. The number of rotatable bonds is 6. The van der Waals surface area contributed by atoms with E-state index in [1.807, 2.05) is 37.3 Å². The van der Waals surface area contributed by atoms with Crippen LogP contribution in [0.15, 0.2) is 94.2 Å². The number of benzene rings is 3. The highest BCUT2D eigenvalue weighted by atomic mass is 35.5. The molecule has 0 spiro atoms. The molecule has 1 heterocycles. The minimum atomic E-state index is -4.34. The molecule has 6 rings (SSSR count). The third-order valence-corrected chi connectivity index (χ3v) is 10.8. The van der Waals surface area contributed by atoms with Gasteiger partial charge in [0.1, 0.15) is 4.90 Å². The first-order valence-corrected chi connectivity index (χ1v) is 17.6. The van der Waals surface area contributed by atoms with Gasteiger partial charge < -0.3 is 9.08 Å². The second-order valence-electron chi connectivity index (χ2n) is 14.3. The van der Waals surface area contributed by atoms with Crippen LogP contribution < -0.4 is 4.18 Å². The molecule has 1 aliphatic heterocycles. The lowest BCUT2D eigenvalue weighted by molar-refractivity contribution is -0.119. The van der Waals surface area contributed by atoms with E-state index in [9.17, 15) is 18.0 Å². The molecule has 2 aliphatic carbocycles. The van der Waals surface area contributed by atoms with Gasteiger partial charge in [0.05, 0.1) is 5.02 Å². The van der Waals surface area contributed by atoms with Crippen LogP contribution in [0.5, 0.6) is 5.75 Å². The summed E-state index contributed by atoms with van der Waals surface area (Å²) in [6, 6.07) is 19.3. The summed E-state index contributed by atoms with van der Waals surface area (Å²) >= 11 is 13.3. The largest absolute Gasteiger partial charge is 0.377 e. The van der Waals surface area contributed by atoms with Gasteiger partial charge in [-0.15, -0.1) is 0 Å². The Labute approximate surface area is 281 Å². The molecule has 46 heavy (non-hydrogen) atoms. The Bertz CT molecular complexity index is 1870. The highest BCUT2D eigenvalue weighted by Gasteiger charge is 2.50. The maximum atomic E-state index is 14.3. The van der Waals surface area contributed by atoms with Crippen LogP contribution in [0.3, 0.4) is 0 Å². The number of carbonyl (C=O) groups is 2. The summed E-state index contributed by atoms with van der Waals surface area (Å²) in [5.41, 5.74) is 4.17. The maximum absolute atomic E-state index is 14.3. The number of aryl methyl sites for hydroxylation is 1. The fourth-order valence-electron chi connectivity index (χ4n) is 7.06. The fraction of sp³-hybridized carbons (Fsp3) is 0.351. The number of carbonyl (C=O) groups excluding carboxylic acids is 2. The van der Waals surface area contributed by atoms with Gasteiger partial charge in [0, 0.05) is 58.4 Å². The highest BCUT2D eigenvalue weighted by molar-refractivity contribution is 7.87. The van der Waals surface area contributed by atoms with Gasteiger partial charge in [-0.3, -0.25) is 9.59 Å². The zero-order valence-electron chi connectivity index (χ0n) is 26.6. The number of Topliss-reactive ketones (excluding diaryl/α,β-unsaturated/α-hetero) is 2. The topological polar surface area (TPSA) is 80.8 Å². The smallest absolute Gasteiger partial charge is 0.339 e. The number of halogens is 2. The van der Waals surface area contributed by atoms with Crippen molar-refractivity contribution in [3.8, 4) is 5.75 Å². The molecule has 0 saturated heterocycles. The van der Waals surface area contributed by atoms with Crippen LogP contribution >= 0.6 is 23.2 Å². The molecule has 240 valence electrons. The monoisotopic (exact) mass is 677 g/mol. The van der Waals surface area contributed by atoms with Crippen molar-refractivity contribution in [2.24, 2.45) is 10.8 Å². The molecule has 0 N–H and O–H groups in total. The fourth-order valence-corrected chi connectivity index (χ4v) is 8.63. The van der Waals surface area contributed by atoms with Crippen LogP contribution in [0.25, 0.3) is 0 Å². The van der Waals surface area contributed by atoms with E-state index in [1.165, 1.54) is 18.2 Å². The highest BCUT2D eigenvalue weighted by Crippen LogP contribution is 2.57. The Morgan fingerprint density at radius 1 is 0.804 bits per heavy atom. The van der Waals surface area contributed by atoms with Crippen LogP contribution in [-0.2, 0) is 26.3 Å². The third kappa shape index (κ3) is 6.17. The van der Waals surface area contributed by atoms with Gasteiger partial charge in [-0.1, -0.05) is 98.9 Å². The minimum absolute atomic E-state index is 0.0265. The summed E-state index contributed by atoms with van der Waals surface area (Å²) in [4.78, 5) is 30.7. The molecule has 3 aromatic rings. The van der Waals surface area contributed by atoms with Gasteiger partial charge in [0.25, 0.3) is 0 Å². The molecule has 3 aromatic carbocycles. The molecule has 3 aliphatic rings. The van der Waals surface area contributed by atoms with Crippen molar-refractivity contribution in [1.29, 1.82) is 0 Å². The SMILES string of the molecule is Cc1ccc(S(=O)(=O)Oc2c(Cl)cc(Cl)cc2C2C3=C(CC(C)(C)CC3=O)N(Cc3ccccc3)C3=C2C(=O)CC(C)(C)C3)cc1. The van der Waals surface area contributed by atoms with Gasteiger partial charge in [0.2, 0.25) is 0 Å². The van der Waals surface area contributed by atoms with Crippen LogP contribution in [0.2, 0.25) is 10.0 Å². The third-order valence-electron chi connectivity index (χ3n) is 9.06. The first-order valence-electron chi connectivity index (χ1n) is 15.4. The van der Waals surface area contributed by atoms with Gasteiger partial charge in [0.15, 0.2) is 17.3 Å². The molecule has 0 fully saturated rings. The molecule has 0 atom stereocenters. The van der Waals surface area contributed by atoms with Crippen molar-refractivity contribution in [2.75, 3.05) is 0 Å². The van der Waals surface area contributed by atoms with E-state index in [2.05, 4.69) is 32.6 Å². The normalized spacial score (nSPS) is 19.7. The molecular formula is C37H37Cl2NO5S. The standard InChI is InChI=1S/C37H37Cl2NO5S/c1-22-11-13-25(14-12-22)46(43,44)45-35-26(15-24(38)16-27(35)39)32-33-28(17-36(2,3)19-30(33)41)40(21-23-9-7-6-8-10-23)29-18-37(4,5)20-31(42)34(29)32/h6-16,32H,17-21H2,1-5H3. The molecule has 0 unspecified atom stereocenters. The Kier molecular flexibility index (Phi) is 8.27. The Morgan fingerprint density at radius 3 is 1.89 bits per heavy atom. The number of allylic oxidation sites excluding steroid dienone is 4. The van der Waals surface area contributed by atoms with Crippen molar-refractivity contribution in [1.82, 2.24) is 4.90 Å². The van der Waals surface area contributed by atoms with Gasteiger partial charge in [-0.05, 0) is 60.4 Å². The van der Waals surface area contributed by atoms with E-state index in [0.717, 1.165) is 22.5 Å². The quantitative estimate of drug-likeness (QED) is 0.242. The lowest BCUT2D eigenvalue weighted by Crippen LogP contribution is -2.44. The van der Waals surface area contributed by atoms with E-state index in [0.29, 0.717) is 30.5 Å². The van der Waals surface area contributed by atoms with Crippen molar-refractivity contribution in [2.45, 2.75) is 77.7 Å². The van der Waals surface area contributed by atoms with Gasteiger partial charge >= 0.3 is 10.1 Å². The zero-order chi connectivity index (χ0) is 33.2. The van der Waals surface area contributed by atoms with Crippen molar-refractivity contribution in [3.63, 3.8) is 0 Å². The first-order chi connectivity index (χ1) is 21.6. The van der Waals surface area contributed by atoms with Crippen LogP contribution in [-0.4, -0.2) is 24.9 Å². The van der Waals surface area contributed by atoms with Gasteiger partial charge in [-0.2, -0.15) is 8.42 Å². The summed E-state index contributed by atoms with van der Waals surface area (Å²) < 4.78 is 33.1. The van der Waals surface area contributed by atoms with Crippen LogP contribution in [0.4, 0.5) is 0 Å². The predicted octanol–water partition coefficient (Wildman–Crippen LogP) is 8.96. The Balaban J connectivity index is 1.61. The molecule has 0 bridgehead atoms. The molecule has 0 radical (unpaired) electrons. The summed E-state index contributed by atoms with van der Waals surface area (Å²) in [6.07, 6.45) is 1.73.